The predicted octanol–water partition coefficient (Wildman–Crippen LogP) is 4.02. The van der Waals surface area contributed by atoms with E-state index in [1.54, 1.807) is 0 Å². The van der Waals surface area contributed by atoms with Crippen LogP contribution in [0.4, 0.5) is 24.9 Å². The number of carbonyl (C=O) groups excluding carboxylic acids is 1. The Hall–Kier alpha value is -4.43. The summed E-state index contributed by atoms with van der Waals surface area (Å²) in [4.78, 5) is 30.8. The number of hydrogen-bond acceptors (Lipinski definition) is 9. The number of fused-ring (bicyclic) bond motifs is 1. The van der Waals surface area contributed by atoms with Crippen molar-refractivity contribution in [2.24, 2.45) is 17.3 Å². The lowest BCUT2D eigenvalue weighted by atomic mass is 9.72. The Balaban J connectivity index is 1.19. The quantitative estimate of drug-likeness (QED) is 0.292. The van der Waals surface area contributed by atoms with E-state index in [-0.39, 0.29) is 17.4 Å². The van der Waals surface area contributed by atoms with Crippen LogP contribution in [-0.4, -0.2) is 121 Å². The number of ether oxygens (including phenoxy) is 2. The number of anilines is 2. The van der Waals surface area contributed by atoms with E-state index < -0.39 is 12.8 Å². The van der Waals surface area contributed by atoms with E-state index in [0.717, 1.165) is 78.2 Å². The molecule has 3 aromatic rings. The number of carbonyl (C=O) groups is 1. The summed E-state index contributed by atoms with van der Waals surface area (Å²) < 4.78 is 51.7. The van der Waals surface area contributed by atoms with Gasteiger partial charge >= 0.3 is 6.18 Å². The summed E-state index contributed by atoms with van der Waals surface area (Å²) in [6.07, 6.45) is 5.76. The minimum atomic E-state index is -4.50. The molecule has 1 aliphatic carbocycles. The lowest BCUT2D eigenvalue weighted by Crippen LogP contribution is -2.62. The number of aromatic nitrogens is 4. The number of piperidine rings is 1. The summed E-state index contributed by atoms with van der Waals surface area (Å²) in [6, 6.07) is 4.11. The van der Waals surface area contributed by atoms with Gasteiger partial charge in [-0.25, -0.2) is 4.98 Å². The zero-order valence-electron chi connectivity index (χ0n) is 31.3. The Kier molecular flexibility index (Phi) is 9.70. The number of benzene rings is 1. The highest BCUT2D eigenvalue weighted by molar-refractivity contribution is 5.95. The molecule has 0 bridgehead atoms. The second-order valence-corrected chi connectivity index (χ2v) is 16.1. The molecule has 4 aliphatic heterocycles. The molecule has 2 aromatic heterocycles. The van der Waals surface area contributed by atoms with Crippen LogP contribution in [0.3, 0.4) is 0 Å². The van der Waals surface area contributed by atoms with Gasteiger partial charge in [-0.1, -0.05) is 12.6 Å². The Morgan fingerprint density at radius 3 is 2.50 bits per heavy atom. The van der Waals surface area contributed by atoms with Gasteiger partial charge in [0, 0.05) is 74.3 Å². The second-order valence-electron chi connectivity index (χ2n) is 16.1. The van der Waals surface area contributed by atoms with Crippen molar-refractivity contribution in [3.05, 3.63) is 58.3 Å². The zero-order valence-corrected chi connectivity index (χ0v) is 31.3. The molecule has 1 saturated carbocycles. The summed E-state index contributed by atoms with van der Waals surface area (Å²) in [5.41, 5.74) is 5.40. The minimum Gasteiger partial charge on any atom is -0.489 e. The SMILES string of the molecule is C=CC(=O)N1CC2(CCN(c3nc(N4CC(OCC5CN(C)C5)C4)nc(=C\OCC(F)(F)F)/c3=C\C(=C(/C)c3c(C)ccc4[nH]ncc34)C3CC3)CC2)C1. The maximum Gasteiger partial charge on any atom is 0.422 e. The van der Waals surface area contributed by atoms with Crippen molar-refractivity contribution >= 4 is 46.5 Å². The number of aryl methyl sites for hydroxylation is 1. The number of allylic oxidation sites excluding steroid dienone is 2. The minimum absolute atomic E-state index is 0.0351. The van der Waals surface area contributed by atoms with E-state index in [1.165, 1.54) is 6.08 Å². The lowest BCUT2D eigenvalue weighted by molar-refractivity contribution is -0.157. The van der Waals surface area contributed by atoms with Crippen molar-refractivity contribution in [2.75, 3.05) is 82.4 Å². The molecule has 1 amide bonds. The molecular weight excluding hydrogens is 697 g/mol. The van der Waals surface area contributed by atoms with Gasteiger partial charge in [-0.3, -0.25) is 9.89 Å². The topological polar surface area (TPSA) is 103 Å². The van der Waals surface area contributed by atoms with Gasteiger partial charge in [0.05, 0.1) is 24.4 Å². The number of rotatable bonds is 11. The largest absolute Gasteiger partial charge is 0.489 e. The number of H-pyrrole nitrogens is 1. The van der Waals surface area contributed by atoms with Crippen molar-refractivity contribution in [1.29, 1.82) is 0 Å². The monoisotopic (exact) mass is 746 g/mol. The number of halogens is 3. The number of nitrogens with one attached hydrogen (secondary N) is 1. The van der Waals surface area contributed by atoms with Gasteiger partial charge in [0.25, 0.3) is 0 Å². The van der Waals surface area contributed by atoms with Gasteiger partial charge in [-0.15, -0.1) is 0 Å². The second kappa shape index (κ2) is 14.3. The first-order chi connectivity index (χ1) is 25.9. The van der Waals surface area contributed by atoms with Crippen molar-refractivity contribution in [1.82, 2.24) is 30.0 Å². The Labute approximate surface area is 313 Å². The number of nitrogens with zero attached hydrogens (tertiary/aromatic N) is 7. The molecule has 11 nitrogen and oxygen atoms in total. The molecule has 1 N–H and O–H groups in total. The third kappa shape index (κ3) is 7.46. The number of hydrogen-bond donors (Lipinski definition) is 1. The van der Waals surface area contributed by atoms with E-state index in [9.17, 15) is 18.0 Å². The van der Waals surface area contributed by atoms with Crippen LogP contribution in [0.1, 0.15) is 43.7 Å². The van der Waals surface area contributed by atoms with Crippen LogP contribution in [0.5, 0.6) is 0 Å². The van der Waals surface area contributed by atoms with Crippen LogP contribution in [0, 0.1) is 24.2 Å². The molecule has 5 aliphatic rings. The summed E-state index contributed by atoms with van der Waals surface area (Å²) in [7, 11) is 2.10. The first-order valence-electron chi connectivity index (χ1n) is 19.0. The Morgan fingerprint density at radius 1 is 1.09 bits per heavy atom. The molecule has 1 aromatic carbocycles. The number of likely N-dealkylation sites (tertiary alicyclic amines) is 2. The molecule has 0 atom stereocenters. The van der Waals surface area contributed by atoms with E-state index in [4.69, 9.17) is 19.4 Å². The third-order valence-electron chi connectivity index (χ3n) is 11.8. The van der Waals surface area contributed by atoms with Gasteiger partial charge in [-0.05, 0) is 93.0 Å². The molecule has 6 heterocycles. The number of alkyl halides is 3. The molecule has 14 heteroatoms. The smallest absolute Gasteiger partial charge is 0.422 e. The van der Waals surface area contributed by atoms with Crippen LogP contribution in [-0.2, 0) is 14.3 Å². The number of aromatic amines is 1. The van der Waals surface area contributed by atoms with Crippen LogP contribution >= 0.6 is 0 Å². The molecule has 0 unspecified atom stereocenters. The van der Waals surface area contributed by atoms with Crippen LogP contribution < -0.4 is 20.4 Å². The van der Waals surface area contributed by atoms with Crippen LogP contribution in [0.2, 0.25) is 0 Å². The maximum atomic E-state index is 13.4. The summed E-state index contributed by atoms with van der Waals surface area (Å²) in [5, 5.41) is 9.39. The summed E-state index contributed by atoms with van der Waals surface area (Å²) in [5.74, 6) is 1.91. The van der Waals surface area contributed by atoms with Gasteiger partial charge in [0.2, 0.25) is 11.9 Å². The van der Waals surface area contributed by atoms with Crippen molar-refractivity contribution in [2.45, 2.75) is 51.8 Å². The van der Waals surface area contributed by atoms with Gasteiger partial charge in [0.1, 0.15) is 17.4 Å². The highest BCUT2D eigenvalue weighted by Gasteiger charge is 2.46. The van der Waals surface area contributed by atoms with Crippen molar-refractivity contribution < 1.29 is 27.4 Å². The van der Waals surface area contributed by atoms with Crippen LogP contribution in [0.25, 0.3) is 28.8 Å². The van der Waals surface area contributed by atoms with E-state index >= 15 is 0 Å². The molecule has 0 radical (unpaired) electrons. The first-order valence-corrected chi connectivity index (χ1v) is 19.0. The zero-order chi connectivity index (χ0) is 37.8. The average Bonchev–Trinajstić information content (AvgIpc) is 3.82. The number of amides is 1. The van der Waals surface area contributed by atoms with Crippen molar-refractivity contribution in [3.8, 4) is 0 Å². The molecule has 4 saturated heterocycles. The predicted molar refractivity (Wildman–Crippen MR) is 202 cm³/mol. The Bertz CT molecular complexity index is 2060. The highest BCUT2D eigenvalue weighted by atomic mass is 19.4. The standard InChI is InChI=1S/C40H49F3N8O3/c1-5-35(52)51-22-39(23-51)10-12-49(13-11-39)37-31(14-30(28-7-8-28)26(3)36-25(2)6-9-33-32(36)15-44-47-33)34(21-53-24-40(41,42)43)45-38(46-37)50-18-29(19-50)54-20-27-16-48(4)17-27/h5-6,9,14-15,21,27-29H,1,7-8,10-13,16-20,22-24H2,2-4H3,(H,44,47)/b30-26-,31-14+,34-21-. The normalized spacial score (nSPS) is 22.0. The van der Waals surface area contributed by atoms with Crippen molar-refractivity contribution in [3.63, 3.8) is 0 Å². The highest BCUT2D eigenvalue weighted by Crippen LogP contribution is 2.43. The van der Waals surface area contributed by atoms with Gasteiger partial charge in [-0.2, -0.15) is 23.3 Å². The molecular formula is C40H49F3N8O3. The fourth-order valence-corrected chi connectivity index (χ4v) is 8.61. The third-order valence-corrected chi connectivity index (χ3v) is 11.8. The average molecular weight is 747 g/mol. The molecule has 54 heavy (non-hydrogen) atoms. The van der Waals surface area contributed by atoms with Gasteiger partial charge in [0.15, 0.2) is 6.61 Å². The maximum absolute atomic E-state index is 13.4. The molecule has 1 spiro atoms. The summed E-state index contributed by atoms with van der Waals surface area (Å²) in [6.45, 7) is 13.2. The van der Waals surface area contributed by atoms with Gasteiger partial charge < -0.3 is 29.1 Å². The fourth-order valence-electron chi connectivity index (χ4n) is 8.61. The molecule has 8 rings (SSSR count). The Morgan fingerprint density at radius 2 is 1.83 bits per heavy atom. The van der Waals surface area contributed by atoms with E-state index in [0.29, 0.717) is 80.0 Å². The molecule has 288 valence electrons. The fraction of sp³-hybridized carbons (Fsp3) is 0.550. The van der Waals surface area contributed by atoms with E-state index in [1.807, 2.05) is 22.1 Å². The molecule has 5 fully saturated rings. The summed E-state index contributed by atoms with van der Waals surface area (Å²) >= 11 is 0. The van der Waals surface area contributed by atoms with Crippen LogP contribution in [0.15, 0.2) is 36.6 Å². The lowest BCUT2D eigenvalue weighted by Gasteiger charge is -2.54. The van der Waals surface area contributed by atoms with E-state index in [2.05, 4.69) is 59.6 Å². The first kappa shape index (κ1) is 36.5.